The first kappa shape index (κ1) is 18.2. The van der Waals surface area contributed by atoms with E-state index in [4.69, 9.17) is 4.74 Å². The molecule has 2 aromatic rings. The maximum atomic E-state index is 12.6. The number of hydrogen-bond acceptors (Lipinski definition) is 2. The molecule has 2 aromatic carbocycles. The maximum Gasteiger partial charge on any atom is 0.278 e. The summed E-state index contributed by atoms with van der Waals surface area (Å²) in [7, 11) is 3.74. The summed E-state index contributed by atoms with van der Waals surface area (Å²) in [6.45, 7) is 2.81. The second-order valence-electron chi connectivity index (χ2n) is 6.85. The van der Waals surface area contributed by atoms with Crippen LogP contribution in [-0.2, 0) is 11.3 Å². The molecule has 4 nitrogen and oxygen atoms in total. The Morgan fingerprint density at radius 1 is 1.15 bits per heavy atom. The Labute approximate surface area is 155 Å². The van der Waals surface area contributed by atoms with Crippen molar-refractivity contribution in [1.29, 1.82) is 0 Å². The maximum absolute atomic E-state index is 12.6. The van der Waals surface area contributed by atoms with E-state index >= 15 is 0 Å². The lowest BCUT2D eigenvalue weighted by molar-refractivity contribution is -0.885. The lowest BCUT2D eigenvalue weighted by Gasteiger charge is -2.27. The van der Waals surface area contributed by atoms with Gasteiger partial charge >= 0.3 is 0 Å². The fourth-order valence-electron chi connectivity index (χ4n) is 3.37. The van der Waals surface area contributed by atoms with Gasteiger partial charge in [0, 0.05) is 18.7 Å². The number of quaternary nitrogens is 1. The van der Waals surface area contributed by atoms with Crippen molar-refractivity contribution in [2.24, 2.45) is 0 Å². The Hall–Kier alpha value is -2.59. The van der Waals surface area contributed by atoms with Crippen LogP contribution in [0.1, 0.15) is 17.5 Å². The van der Waals surface area contributed by atoms with Crippen LogP contribution in [0.25, 0.3) is 5.57 Å². The van der Waals surface area contributed by atoms with Crippen molar-refractivity contribution in [3.8, 4) is 5.75 Å². The van der Waals surface area contributed by atoms with Crippen LogP contribution < -0.4 is 9.64 Å². The lowest BCUT2D eigenvalue weighted by Crippen LogP contribution is -3.08. The number of likely N-dealkylation sites (N-methyl/N-ethyl adjacent to an activating group) is 1. The fourth-order valence-corrected chi connectivity index (χ4v) is 3.37. The van der Waals surface area contributed by atoms with E-state index in [1.807, 2.05) is 29.2 Å². The molecular formula is C22H27N2O2+. The van der Waals surface area contributed by atoms with Crippen molar-refractivity contribution in [2.45, 2.75) is 13.0 Å². The molecule has 26 heavy (non-hydrogen) atoms. The van der Waals surface area contributed by atoms with Gasteiger partial charge in [-0.2, -0.15) is 0 Å². The van der Waals surface area contributed by atoms with Crippen LogP contribution in [0.5, 0.6) is 5.75 Å². The zero-order valence-electron chi connectivity index (χ0n) is 15.6. The smallest absolute Gasteiger partial charge is 0.278 e. The van der Waals surface area contributed by atoms with Gasteiger partial charge < -0.3 is 14.5 Å². The number of methoxy groups -OCH3 is 1. The molecule has 1 aliphatic heterocycles. The first-order chi connectivity index (χ1) is 12.7. The van der Waals surface area contributed by atoms with Gasteiger partial charge in [-0.25, -0.2) is 0 Å². The second-order valence-corrected chi connectivity index (χ2v) is 6.85. The summed E-state index contributed by atoms with van der Waals surface area (Å²) < 4.78 is 5.27. The number of carbonyl (C=O) groups is 1. The van der Waals surface area contributed by atoms with Crippen molar-refractivity contribution in [3.05, 3.63) is 71.8 Å². The summed E-state index contributed by atoms with van der Waals surface area (Å²) in [6, 6.07) is 18.5. The van der Waals surface area contributed by atoms with Crippen LogP contribution in [0.15, 0.2) is 60.7 Å². The second kappa shape index (κ2) is 8.68. The van der Waals surface area contributed by atoms with Crippen LogP contribution in [0.4, 0.5) is 0 Å². The monoisotopic (exact) mass is 351 g/mol. The van der Waals surface area contributed by atoms with E-state index in [0.717, 1.165) is 25.3 Å². The van der Waals surface area contributed by atoms with Gasteiger partial charge in [-0.1, -0.05) is 48.5 Å². The number of ether oxygens (including phenoxy) is 1. The topological polar surface area (TPSA) is 34.0 Å². The van der Waals surface area contributed by atoms with Gasteiger partial charge in [0.25, 0.3) is 5.91 Å². The Balaban J connectivity index is 1.53. The summed E-state index contributed by atoms with van der Waals surface area (Å²) >= 11 is 0. The van der Waals surface area contributed by atoms with Crippen molar-refractivity contribution >= 4 is 11.5 Å². The molecule has 0 bridgehead atoms. The number of rotatable bonds is 6. The van der Waals surface area contributed by atoms with Gasteiger partial charge in [0.1, 0.15) is 12.3 Å². The molecule has 0 aromatic heterocycles. The third-order valence-electron chi connectivity index (χ3n) is 4.80. The molecule has 0 saturated heterocycles. The highest BCUT2D eigenvalue weighted by atomic mass is 16.5. The number of amides is 1. The van der Waals surface area contributed by atoms with E-state index < -0.39 is 0 Å². The third-order valence-corrected chi connectivity index (χ3v) is 4.80. The van der Waals surface area contributed by atoms with Crippen LogP contribution >= 0.6 is 0 Å². The predicted octanol–water partition coefficient (Wildman–Crippen LogP) is 2.03. The molecule has 1 heterocycles. The molecule has 1 unspecified atom stereocenters. The molecule has 1 N–H and O–H groups in total. The van der Waals surface area contributed by atoms with Crippen molar-refractivity contribution in [2.75, 3.05) is 33.8 Å². The van der Waals surface area contributed by atoms with Crippen LogP contribution in [0, 0.1) is 0 Å². The van der Waals surface area contributed by atoms with E-state index in [1.54, 1.807) is 7.11 Å². The average molecular weight is 351 g/mol. The van der Waals surface area contributed by atoms with Crippen LogP contribution in [0.2, 0.25) is 0 Å². The first-order valence-corrected chi connectivity index (χ1v) is 9.12. The Bertz CT molecular complexity index is 771. The highest BCUT2D eigenvalue weighted by Crippen LogP contribution is 2.21. The lowest BCUT2D eigenvalue weighted by atomic mass is 9.99. The molecule has 3 rings (SSSR count). The van der Waals surface area contributed by atoms with Crippen molar-refractivity contribution < 1.29 is 14.4 Å². The molecule has 136 valence electrons. The molecule has 0 saturated carbocycles. The van der Waals surface area contributed by atoms with Crippen LogP contribution in [-0.4, -0.2) is 44.6 Å². The number of carbonyl (C=O) groups excluding carboxylic acids is 1. The number of nitrogens with zero attached hydrogens (tertiary/aromatic N) is 1. The highest BCUT2D eigenvalue weighted by molar-refractivity contribution is 5.79. The van der Waals surface area contributed by atoms with Gasteiger partial charge in [0.2, 0.25) is 0 Å². The molecule has 4 heteroatoms. The zero-order valence-corrected chi connectivity index (χ0v) is 15.6. The Morgan fingerprint density at radius 3 is 2.65 bits per heavy atom. The molecule has 1 atom stereocenters. The average Bonchev–Trinajstić information content (AvgIpc) is 2.69. The highest BCUT2D eigenvalue weighted by Gasteiger charge is 2.21. The summed E-state index contributed by atoms with van der Waals surface area (Å²) in [4.78, 5) is 15.8. The van der Waals surface area contributed by atoms with E-state index in [1.165, 1.54) is 21.6 Å². The molecular weight excluding hydrogens is 324 g/mol. The summed E-state index contributed by atoms with van der Waals surface area (Å²) in [5.74, 6) is 1.07. The standard InChI is InChI=1S/C22H26N2O2/c1-23(16-18-7-6-10-21(15-18)26-2)17-22(25)24-13-11-20(12-14-24)19-8-4-3-5-9-19/h3-11,15H,12-14,16-17H2,1-2H3/p+1. The summed E-state index contributed by atoms with van der Waals surface area (Å²) in [5.41, 5.74) is 3.78. The van der Waals surface area contributed by atoms with Gasteiger partial charge in [-0.15, -0.1) is 0 Å². The number of benzene rings is 2. The SMILES string of the molecule is COc1cccc(C[NH+](C)CC(=O)N2CC=C(c3ccccc3)CC2)c1. The minimum atomic E-state index is 0.216. The molecule has 0 fully saturated rings. The van der Waals surface area contributed by atoms with Gasteiger partial charge in [0.05, 0.1) is 14.2 Å². The van der Waals surface area contributed by atoms with E-state index in [-0.39, 0.29) is 5.91 Å². The third kappa shape index (κ3) is 4.73. The minimum Gasteiger partial charge on any atom is -0.497 e. The van der Waals surface area contributed by atoms with Crippen LogP contribution in [0.3, 0.4) is 0 Å². The zero-order chi connectivity index (χ0) is 18.4. The first-order valence-electron chi connectivity index (χ1n) is 9.12. The quantitative estimate of drug-likeness (QED) is 0.864. The molecule has 1 aliphatic rings. The Morgan fingerprint density at radius 2 is 1.96 bits per heavy atom. The predicted molar refractivity (Wildman–Crippen MR) is 104 cm³/mol. The van der Waals surface area contributed by atoms with Gasteiger partial charge in [-0.05, 0) is 29.7 Å². The van der Waals surface area contributed by atoms with E-state index in [9.17, 15) is 4.79 Å². The van der Waals surface area contributed by atoms with Crippen molar-refractivity contribution in [1.82, 2.24) is 4.90 Å². The van der Waals surface area contributed by atoms with E-state index in [0.29, 0.717) is 13.1 Å². The van der Waals surface area contributed by atoms with Gasteiger partial charge in [-0.3, -0.25) is 4.79 Å². The molecule has 0 aliphatic carbocycles. The number of nitrogens with one attached hydrogen (secondary N) is 1. The van der Waals surface area contributed by atoms with Gasteiger partial charge in [0.15, 0.2) is 6.54 Å². The minimum absolute atomic E-state index is 0.216. The normalized spacial score (nSPS) is 15.3. The Kier molecular flexibility index (Phi) is 6.08. The summed E-state index contributed by atoms with van der Waals surface area (Å²) in [6.07, 6.45) is 3.11. The number of hydrogen-bond donors (Lipinski definition) is 1. The molecule has 1 amide bonds. The molecule has 0 radical (unpaired) electrons. The van der Waals surface area contributed by atoms with E-state index in [2.05, 4.69) is 43.5 Å². The fraction of sp³-hybridized carbons (Fsp3) is 0.318. The molecule has 0 spiro atoms. The summed E-state index contributed by atoms with van der Waals surface area (Å²) in [5, 5.41) is 0. The van der Waals surface area contributed by atoms with Crippen molar-refractivity contribution in [3.63, 3.8) is 0 Å². The largest absolute Gasteiger partial charge is 0.497 e.